The fourth-order valence-corrected chi connectivity index (χ4v) is 4.13. The summed E-state index contributed by atoms with van der Waals surface area (Å²) in [4.78, 5) is 41.2. The van der Waals surface area contributed by atoms with Gasteiger partial charge in [0.15, 0.2) is 0 Å². The number of amides is 3. The molecule has 3 heterocycles. The van der Waals surface area contributed by atoms with E-state index in [-0.39, 0.29) is 35.8 Å². The van der Waals surface area contributed by atoms with E-state index in [9.17, 15) is 14.4 Å². The molecule has 0 saturated carbocycles. The molecule has 0 aromatic heterocycles. The molecule has 1 aromatic carbocycles. The summed E-state index contributed by atoms with van der Waals surface area (Å²) in [5.41, 5.74) is 6.88. The van der Waals surface area contributed by atoms with Gasteiger partial charge >= 0.3 is 0 Å². The number of benzene rings is 1. The summed E-state index contributed by atoms with van der Waals surface area (Å²) in [6.07, 6.45) is 2.58. The number of imide groups is 1. The third kappa shape index (κ3) is 3.15. The molecule has 2 N–H and O–H groups in total. The highest BCUT2D eigenvalue weighted by atomic mass is 16.5. The Kier molecular flexibility index (Phi) is 4.52. The maximum absolute atomic E-state index is 12.9. The van der Waals surface area contributed by atoms with Crippen LogP contribution in [-0.2, 0) is 4.74 Å². The zero-order valence-corrected chi connectivity index (χ0v) is 15.6. The van der Waals surface area contributed by atoms with E-state index in [1.54, 1.807) is 23.1 Å². The molecular weight excluding hydrogens is 346 g/mol. The Hall–Kier alpha value is -2.25. The summed E-state index contributed by atoms with van der Waals surface area (Å²) in [6, 6.07) is 4.79. The molecule has 0 radical (unpaired) electrons. The van der Waals surface area contributed by atoms with Gasteiger partial charge in [-0.25, -0.2) is 0 Å². The molecule has 7 heteroatoms. The summed E-state index contributed by atoms with van der Waals surface area (Å²) in [5, 5.41) is 0. The first-order valence-electron chi connectivity index (χ1n) is 9.53. The lowest BCUT2D eigenvalue weighted by molar-refractivity contribution is 0.0475. The van der Waals surface area contributed by atoms with Crippen LogP contribution in [0.15, 0.2) is 18.2 Å². The number of nitrogens with two attached hydrogens (primary N) is 1. The molecule has 27 heavy (non-hydrogen) atoms. The van der Waals surface area contributed by atoms with Crippen molar-refractivity contribution in [1.29, 1.82) is 0 Å². The van der Waals surface area contributed by atoms with Crippen LogP contribution in [0.2, 0.25) is 0 Å². The Balaban J connectivity index is 1.53. The van der Waals surface area contributed by atoms with Crippen LogP contribution in [0.5, 0.6) is 0 Å². The Morgan fingerprint density at radius 2 is 2.07 bits per heavy atom. The van der Waals surface area contributed by atoms with Crippen LogP contribution < -0.4 is 5.73 Å². The highest BCUT2D eigenvalue weighted by molar-refractivity contribution is 6.22. The molecule has 4 rings (SSSR count). The number of likely N-dealkylation sites (tertiary alicyclic amines) is 1. The summed E-state index contributed by atoms with van der Waals surface area (Å²) in [5.74, 6) is -0.762. The van der Waals surface area contributed by atoms with Gasteiger partial charge in [0.25, 0.3) is 17.7 Å². The first-order valence-corrected chi connectivity index (χ1v) is 9.53. The molecule has 3 amide bonds. The van der Waals surface area contributed by atoms with Crippen LogP contribution in [0.3, 0.4) is 0 Å². The molecule has 0 aliphatic carbocycles. The van der Waals surface area contributed by atoms with Gasteiger partial charge in [-0.15, -0.1) is 0 Å². The number of hydrogen-bond acceptors (Lipinski definition) is 5. The van der Waals surface area contributed by atoms with Crippen molar-refractivity contribution in [3.8, 4) is 0 Å². The van der Waals surface area contributed by atoms with Crippen molar-refractivity contribution in [2.45, 2.75) is 32.3 Å². The third-order valence-corrected chi connectivity index (χ3v) is 5.97. The fraction of sp³-hybridized carbons (Fsp3) is 0.550. The number of ether oxygens (including phenoxy) is 1. The largest absolute Gasteiger partial charge is 0.376 e. The minimum atomic E-state index is -0.339. The van der Waals surface area contributed by atoms with Gasteiger partial charge in [-0.05, 0) is 49.4 Å². The minimum absolute atomic E-state index is 0.0593. The molecule has 0 bridgehead atoms. The maximum Gasteiger partial charge on any atom is 0.261 e. The van der Waals surface area contributed by atoms with Gasteiger partial charge < -0.3 is 15.4 Å². The van der Waals surface area contributed by atoms with Crippen LogP contribution in [0.25, 0.3) is 0 Å². The van der Waals surface area contributed by atoms with Gasteiger partial charge in [0.1, 0.15) is 0 Å². The smallest absolute Gasteiger partial charge is 0.261 e. The van der Waals surface area contributed by atoms with Gasteiger partial charge in [0.05, 0.1) is 23.8 Å². The van der Waals surface area contributed by atoms with Gasteiger partial charge in [0.2, 0.25) is 0 Å². The molecule has 3 aliphatic heterocycles. The van der Waals surface area contributed by atoms with Gasteiger partial charge in [0, 0.05) is 25.3 Å². The number of carbonyl (C=O) groups excluding carboxylic acids is 3. The van der Waals surface area contributed by atoms with E-state index in [4.69, 9.17) is 10.5 Å². The molecule has 0 spiro atoms. The van der Waals surface area contributed by atoms with Gasteiger partial charge in [-0.2, -0.15) is 0 Å². The third-order valence-electron chi connectivity index (χ3n) is 5.97. The van der Waals surface area contributed by atoms with E-state index < -0.39 is 0 Å². The lowest BCUT2D eigenvalue weighted by Gasteiger charge is -2.22. The maximum atomic E-state index is 12.9. The average molecular weight is 371 g/mol. The predicted octanol–water partition coefficient (Wildman–Crippen LogP) is 1.27. The van der Waals surface area contributed by atoms with Crippen molar-refractivity contribution in [2.24, 2.45) is 11.1 Å². The van der Waals surface area contributed by atoms with Crippen molar-refractivity contribution in [3.05, 3.63) is 34.9 Å². The van der Waals surface area contributed by atoms with E-state index >= 15 is 0 Å². The molecule has 144 valence electrons. The molecule has 2 atom stereocenters. The highest BCUT2D eigenvalue weighted by Gasteiger charge is 2.39. The van der Waals surface area contributed by atoms with Crippen LogP contribution in [0.4, 0.5) is 0 Å². The summed E-state index contributed by atoms with van der Waals surface area (Å²) in [7, 11) is 0. The number of fused-ring (bicyclic) bond motifs is 1. The number of hydrogen-bond donors (Lipinski definition) is 1. The lowest BCUT2D eigenvalue weighted by Crippen LogP contribution is -2.36. The monoisotopic (exact) mass is 371 g/mol. The zero-order valence-electron chi connectivity index (χ0n) is 15.6. The topological polar surface area (TPSA) is 92.9 Å². The fourth-order valence-electron chi connectivity index (χ4n) is 4.13. The van der Waals surface area contributed by atoms with Gasteiger partial charge in [-0.3, -0.25) is 19.3 Å². The second-order valence-electron chi connectivity index (χ2n) is 8.11. The standard InChI is InChI=1S/C20H25N3O4/c1-20(11-21)6-7-22(12-20)17(24)13-4-5-15-16(9-13)19(26)23(18(15)25)10-14-3-2-8-27-14/h4-5,9,14H,2-3,6-8,10-12,21H2,1H3. The molecule has 1 aromatic rings. The Morgan fingerprint density at radius 1 is 1.30 bits per heavy atom. The quantitative estimate of drug-likeness (QED) is 0.805. The van der Waals surface area contributed by atoms with E-state index in [1.807, 2.05) is 0 Å². The predicted molar refractivity (Wildman–Crippen MR) is 98.5 cm³/mol. The normalized spacial score (nSPS) is 27.6. The van der Waals surface area contributed by atoms with Crippen molar-refractivity contribution < 1.29 is 19.1 Å². The molecule has 7 nitrogen and oxygen atoms in total. The van der Waals surface area contributed by atoms with E-state index in [0.717, 1.165) is 19.3 Å². The lowest BCUT2D eigenvalue weighted by atomic mass is 9.90. The van der Waals surface area contributed by atoms with E-state index in [1.165, 1.54) is 4.90 Å². The second kappa shape index (κ2) is 6.73. The Labute approximate surface area is 158 Å². The first kappa shape index (κ1) is 18.1. The number of rotatable bonds is 4. The molecule has 2 unspecified atom stereocenters. The highest BCUT2D eigenvalue weighted by Crippen LogP contribution is 2.31. The van der Waals surface area contributed by atoms with E-state index in [0.29, 0.717) is 42.9 Å². The van der Waals surface area contributed by atoms with Crippen molar-refractivity contribution in [1.82, 2.24) is 9.80 Å². The zero-order chi connectivity index (χ0) is 19.2. The number of nitrogens with zero attached hydrogens (tertiary/aromatic N) is 2. The second-order valence-corrected chi connectivity index (χ2v) is 8.11. The van der Waals surface area contributed by atoms with Crippen molar-refractivity contribution in [2.75, 3.05) is 32.8 Å². The van der Waals surface area contributed by atoms with Gasteiger partial charge in [-0.1, -0.05) is 6.92 Å². The molecular formula is C20H25N3O4. The van der Waals surface area contributed by atoms with E-state index in [2.05, 4.69) is 6.92 Å². The summed E-state index contributed by atoms with van der Waals surface area (Å²) < 4.78 is 5.55. The van der Waals surface area contributed by atoms with Crippen LogP contribution in [-0.4, -0.2) is 66.4 Å². The van der Waals surface area contributed by atoms with Crippen LogP contribution in [0.1, 0.15) is 57.3 Å². The summed E-state index contributed by atoms with van der Waals surface area (Å²) >= 11 is 0. The molecule has 3 aliphatic rings. The Bertz CT molecular complexity index is 802. The Morgan fingerprint density at radius 3 is 2.74 bits per heavy atom. The van der Waals surface area contributed by atoms with Crippen molar-refractivity contribution in [3.63, 3.8) is 0 Å². The first-order chi connectivity index (χ1) is 12.9. The van der Waals surface area contributed by atoms with Crippen LogP contribution in [0, 0.1) is 5.41 Å². The minimum Gasteiger partial charge on any atom is -0.376 e. The molecule has 2 saturated heterocycles. The number of carbonyl (C=O) groups is 3. The molecule has 2 fully saturated rings. The average Bonchev–Trinajstić information content (AvgIpc) is 3.38. The summed E-state index contributed by atoms with van der Waals surface area (Å²) in [6.45, 7) is 4.82. The van der Waals surface area contributed by atoms with Crippen molar-refractivity contribution >= 4 is 17.7 Å². The van der Waals surface area contributed by atoms with Crippen LogP contribution >= 0.6 is 0 Å². The SMILES string of the molecule is CC1(CN)CCN(C(=O)c2ccc3c(c2)C(=O)N(CC2CCCO2)C3=O)C1.